The summed E-state index contributed by atoms with van der Waals surface area (Å²) >= 11 is 0.778. The fourth-order valence-corrected chi connectivity index (χ4v) is 6.30. The lowest BCUT2D eigenvalue weighted by Crippen LogP contribution is -2.40. The number of unbranched alkanes of at least 4 members (excludes halogenated alkanes) is 4. The normalized spacial score (nSPS) is 13.1. The number of nitrogens with one attached hydrogen (secondary N) is 2. The zero-order chi connectivity index (χ0) is 31.6. The van der Waals surface area contributed by atoms with Crippen LogP contribution in [0, 0.1) is 10.1 Å². The summed E-state index contributed by atoms with van der Waals surface area (Å²) in [4.78, 5) is 53.5. The van der Waals surface area contributed by atoms with Gasteiger partial charge in [-0.2, -0.15) is 18.2 Å². The monoisotopic (exact) mass is 627 g/mol. The molecule has 14 heteroatoms. The number of alkyl halides is 3. The Labute approximate surface area is 253 Å². The van der Waals surface area contributed by atoms with E-state index in [2.05, 4.69) is 15.6 Å². The Bertz CT molecular complexity index is 1820. The summed E-state index contributed by atoms with van der Waals surface area (Å²) in [6, 6.07) is 10.1. The topological polar surface area (TPSA) is 135 Å². The number of nitro benzene ring substituents is 1. The van der Waals surface area contributed by atoms with Crippen molar-refractivity contribution in [2.24, 2.45) is 0 Å². The summed E-state index contributed by atoms with van der Waals surface area (Å²) in [5, 5.41) is 19.0. The van der Waals surface area contributed by atoms with E-state index in [9.17, 15) is 37.7 Å². The molecule has 230 valence electrons. The highest BCUT2D eigenvalue weighted by atomic mass is 32.1. The van der Waals surface area contributed by atoms with Crippen LogP contribution in [0.3, 0.4) is 0 Å². The van der Waals surface area contributed by atoms with Gasteiger partial charge in [-0.3, -0.25) is 29.4 Å². The molecule has 0 bridgehead atoms. The van der Waals surface area contributed by atoms with Crippen LogP contribution in [0.1, 0.15) is 65.3 Å². The van der Waals surface area contributed by atoms with Gasteiger partial charge in [0, 0.05) is 53.3 Å². The number of carbonyl (C=O) groups is 2. The largest absolute Gasteiger partial charge is 0.416 e. The Balaban J connectivity index is 1.10. The first-order chi connectivity index (χ1) is 21.0. The van der Waals surface area contributed by atoms with Crippen molar-refractivity contribution >= 4 is 60.5 Å². The summed E-state index contributed by atoms with van der Waals surface area (Å²) in [6.07, 6.45) is -0.491. The second-order valence-corrected chi connectivity index (χ2v) is 11.3. The number of carbonyl (C=O) groups excluding carboxylic acids is 2. The molecule has 0 spiro atoms. The minimum atomic E-state index is -4.83. The molecule has 0 aliphatic carbocycles. The highest BCUT2D eigenvalue weighted by Gasteiger charge is 2.34. The number of hydrogen-bond acceptors (Lipinski definition) is 9. The Hall–Kier alpha value is -4.59. The van der Waals surface area contributed by atoms with E-state index in [1.54, 1.807) is 19.1 Å². The highest BCUT2D eigenvalue weighted by molar-refractivity contribution is 7.22. The van der Waals surface area contributed by atoms with E-state index in [1.165, 1.54) is 4.90 Å². The van der Waals surface area contributed by atoms with Crippen LogP contribution in [0.5, 0.6) is 0 Å². The van der Waals surface area contributed by atoms with Gasteiger partial charge >= 0.3 is 6.18 Å². The van der Waals surface area contributed by atoms with Gasteiger partial charge in [0.15, 0.2) is 5.13 Å². The molecule has 0 unspecified atom stereocenters. The molecule has 2 N–H and O–H groups in total. The number of fused-ring (bicyclic) bond motifs is 1. The van der Waals surface area contributed by atoms with E-state index < -0.39 is 33.3 Å². The maximum Gasteiger partial charge on any atom is 0.416 e. The van der Waals surface area contributed by atoms with Crippen molar-refractivity contribution in [2.45, 2.75) is 45.2 Å². The summed E-state index contributed by atoms with van der Waals surface area (Å²) < 4.78 is 39.3. The predicted octanol–water partition coefficient (Wildman–Crippen LogP) is 6.83. The van der Waals surface area contributed by atoms with Crippen LogP contribution in [-0.2, 0) is 6.18 Å². The molecule has 0 radical (unpaired) electrons. The van der Waals surface area contributed by atoms with Crippen molar-refractivity contribution in [3.63, 3.8) is 0 Å². The molecule has 10 nitrogen and oxygen atoms in total. The molecule has 1 aromatic heterocycles. The quantitative estimate of drug-likeness (QED) is 0.0756. The lowest BCUT2D eigenvalue weighted by atomic mass is 9.93. The van der Waals surface area contributed by atoms with E-state index >= 15 is 0 Å². The zero-order valence-corrected chi connectivity index (χ0v) is 24.4. The van der Waals surface area contributed by atoms with Gasteiger partial charge in [0.05, 0.1) is 15.9 Å². The first kappa shape index (κ1) is 30.9. The molecule has 1 aliphatic rings. The average molecular weight is 628 g/mol. The van der Waals surface area contributed by atoms with Crippen LogP contribution in [0.4, 0.5) is 29.7 Å². The van der Waals surface area contributed by atoms with Crippen LogP contribution in [0.2, 0.25) is 0 Å². The molecule has 2 heterocycles. The van der Waals surface area contributed by atoms with Gasteiger partial charge < -0.3 is 10.6 Å². The van der Waals surface area contributed by atoms with Crippen molar-refractivity contribution in [2.75, 3.05) is 30.3 Å². The van der Waals surface area contributed by atoms with Gasteiger partial charge in [0.1, 0.15) is 4.70 Å². The van der Waals surface area contributed by atoms with Gasteiger partial charge in [0.2, 0.25) is 0 Å². The predicted molar refractivity (Wildman–Crippen MR) is 163 cm³/mol. The van der Waals surface area contributed by atoms with Crippen molar-refractivity contribution in [3.8, 4) is 0 Å². The molecule has 0 fully saturated rings. The number of aromatic nitrogens is 1. The number of imide groups is 1. The molecular weight excluding hydrogens is 599 g/mol. The average Bonchev–Trinajstić information content (AvgIpc) is 2.98. The van der Waals surface area contributed by atoms with Gasteiger partial charge in [-0.25, -0.2) is 0 Å². The summed E-state index contributed by atoms with van der Waals surface area (Å²) in [5.74, 6) is -0.567. The number of amides is 2. The molecule has 2 amide bonds. The highest BCUT2D eigenvalue weighted by Crippen LogP contribution is 2.38. The van der Waals surface area contributed by atoms with Crippen molar-refractivity contribution < 1.29 is 27.7 Å². The third-order valence-corrected chi connectivity index (χ3v) is 8.54. The number of non-ortho nitro benzene ring substituents is 1. The standard InChI is InChI=1S/C30H28F3N5O5S/c1-2-37-27(40)19-10-8-9-18-22(12-11-20(24(18)19)28(37)41)34-13-6-4-3-5-7-14-35-29-36-26(39)21-15-17(30(31,32)33)16-23(38(42)43)25(21)44-29/h8-12,15-16,34H,2-7,13-14H2,1H3,(H,35,36,39). The van der Waals surface area contributed by atoms with E-state index in [1.807, 2.05) is 18.2 Å². The fraction of sp³-hybridized carbons (Fsp3) is 0.333. The van der Waals surface area contributed by atoms with Crippen LogP contribution in [0.15, 0.2) is 47.3 Å². The molecule has 3 aromatic carbocycles. The number of halogens is 3. The molecule has 0 saturated carbocycles. The van der Waals surface area contributed by atoms with Gasteiger partial charge in [-0.15, -0.1) is 0 Å². The first-order valence-electron chi connectivity index (χ1n) is 14.1. The Kier molecular flexibility index (Phi) is 8.81. The van der Waals surface area contributed by atoms with Crippen LogP contribution in [0.25, 0.3) is 20.9 Å². The van der Waals surface area contributed by atoms with Gasteiger partial charge in [-0.05, 0) is 44.0 Å². The third kappa shape index (κ3) is 6.07. The number of anilines is 2. The SMILES string of the molecule is CCN1C(=O)c2cccc3c(NCCCCCCCNc4nc(=O)c5cc(C(F)(F)F)cc([N+](=O)[O-])c5s4)ccc(c23)C1=O. The molecule has 1 aliphatic heterocycles. The summed E-state index contributed by atoms with van der Waals surface area (Å²) in [6.45, 7) is 3.22. The summed E-state index contributed by atoms with van der Waals surface area (Å²) in [7, 11) is 0. The van der Waals surface area contributed by atoms with Crippen LogP contribution < -0.4 is 16.2 Å². The van der Waals surface area contributed by atoms with Gasteiger partial charge in [0.25, 0.3) is 23.1 Å². The maximum atomic E-state index is 13.1. The minimum absolute atomic E-state index is 0.112. The Morgan fingerprint density at radius 3 is 2.23 bits per heavy atom. The number of hydrogen-bond donors (Lipinski definition) is 2. The zero-order valence-electron chi connectivity index (χ0n) is 23.6. The number of rotatable bonds is 12. The molecule has 5 rings (SSSR count). The second-order valence-electron chi connectivity index (χ2n) is 10.3. The maximum absolute atomic E-state index is 13.1. The molecule has 44 heavy (non-hydrogen) atoms. The number of nitrogens with zero attached hydrogens (tertiary/aromatic N) is 3. The van der Waals surface area contributed by atoms with E-state index in [0.717, 1.165) is 54.5 Å². The number of nitro groups is 1. The minimum Gasteiger partial charge on any atom is -0.385 e. The van der Waals surface area contributed by atoms with E-state index in [0.29, 0.717) is 48.3 Å². The Morgan fingerprint density at radius 1 is 0.909 bits per heavy atom. The summed E-state index contributed by atoms with van der Waals surface area (Å²) in [5.41, 5.74) is -1.10. The van der Waals surface area contributed by atoms with Crippen molar-refractivity contribution in [3.05, 3.63) is 79.6 Å². The number of benzene rings is 3. The molecule has 0 atom stereocenters. The van der Waals surface area contributed by atoms with Crippen LogP contribution >= 0.6 is 11.3 Å². The molecule has 4 aromatic rings. The van der Waals surface area contributed by atoms with Crippen molar-refractivity contribution in [1.82, 2.24) is 9.88 Å². The van der Waals surface area contributed by atoms with E-state index in [-0.39, 0.29) is 21.6 Å². The smallest absolute Gasteiger partial charge is 0.385 e. The Morgan fingerprint density at radius 2 is 1.57 bits per heavy atom. The van der Waals surface area contributed by atoms with Crippen molar-refractivity contribution in [1.29, 1.82) is 0 Å². The molecular formula is C30H28F3N5O5S. The second kappa shape index (κ2) is 12.6. The fourth-order valence-electron chi connectivity index (χ4n) is 5.31. The molecule has 0 saturated heterocycles. The lowest BCUT2D eigenvalue weighted by molar-refractivity contribution is -0.383. The third-order valence-electron chi connectivity index (χ3n) is 7.48. The van der Waals surface area contributed by atoms with Gasteiger partial charge in [-0.1, -0.05) is 42.7 Å². The van der Waals surface area contributed by atoms with Crippen LogP contribution in [-0.4, -0.2) is 46.3 Å². The first-order valence-corrected chi connectivity index (χ1v) is 14.9. The lowest BCUT2D eigenvalue weighted by Gasteiger charge is -2.26. The van der Waals surface area contributed by atoms with E-state index in [4.69, 9.17) is 0 Å².